The summed E-state index contributed by atoms with van der Waals surface area (Å²) in [7, 11) is 0. The summed E-state index contributed by atoms with van der Waals surface area (Å²) >= 11 is 0. The second-order valence-corrected chi connectivity index (χ2v) is 8.85. The predicted octanol–water partition coefficient (Wildman–Crippen LogP) is 4.07. The highest BCUT2D eigenvalue weighted by Gasteiger charge is 2.45. The minimum Gasteiger partial charge on any atom is -0.481 e. The van der Waals surface area contributed by atoms with Crippen molar-refractivity contribution in [3.63, 3.8) is 0 Å². The Bertz CT molecular complexity index is 1070. The van der Waals surface area contributed by atoms with Crippen molar-refractivity contribution >= 4 is 18.0 Å². The van der Waals surface area contributed by atoms with E-state index in [1.807, 2.05) is 48.5 Å². The smallest absolute Gasteiger partial charge is 0.407 e. The molecule has 3 atom stereocenters. The fourth-order valence-electron chi connectivity index (χ4n) is 4.85. The van der Waals surface area contributed by atoms with Crippen LogP contribution in [0.25, 0.3) is 11.1 Å². The molecule has 35 heavy (non-hydrogen) atoms. The number of fused-ring (bicyclic) bond motifs is 3. The molecule has 4 rings (SSSR count). The Kier molecular flexibility index (Phi) is 7.00. The van der Waals surface area contributed by atoms with Gasteiger partial charge < -0.3 is 20.5 Å². The van der Waals surface area contributed by atoms with Crippen LogP contribution in [0.3, 0.4) is 0 Å². The number of alkyl carbamates (subject to hydrolysis) is 1. The zero-order valence-electron chi connectivity index (χ0n) is 18.7. The zero-order valence-corrected chi connectivity index (χ0v) is 18.7. The van der Waals surface area contributed by atoms with Crippen molar-refractivity contribution in [3.8, 4) is 11.1 Å². The van der Waals surface area contributed by atoms with Crippen molar-refractivity contribution in [2.75, 3.05) is 13.2 Å². The van der Waals surface area contributed by atoms with Crippen LogP contribution in [-0.2, 0) is 14.3 Å². The summed E-state index contributed by atoms with van der Waals surface area (Å²) in [5.74, 6) is -6.07. The van der Waals surface area contributed by atoms with E-state index in [0.717, 1.165) is 22.3 Å². The second-order valence-electron chi connectivity index (χ2n) is 8.85. The molecule has 1 fully saturated rings. The lowest BCUT2D eigenvalue weighted by atomic mass is 9.98. The molecule has 2 amide bonds. The van der Waals surface area contributed by atoms with Crippen LogP contribution in [0.2, 0.25) is 0 Å². The highest BCUT2D eigenvalue weighted by molar-refractivity contribution is 5.81. The van der Waals surface area contributed by atoms with E-state index < -0.39 is 42.5 Å². The van der Waals surface area contributed by atoms with E-state index >= 15 is 0 Å². The van der Waals surface area contributed by atoms with Gasteiger partial charge in [0.1, 0.15) is 6.61 Å². The van der Waals surface area contributed by atoms with Crippen LogP contribution in [0.4, 0.5) is 18.0 Å². The lowest BCUT2D eigenvalue weighted by molar-refractivity contribution is -0.192. The van der Waals surface area contributed by atoms with Gasteiger partial charge in [0.05, 0.1) is 0 Å². The predicted molar refractivity (Wildman–Crippen MR) is 120 cm³/mol. The number of alkyl halides is 3. The topological polar surface area (TPSA) is 105 Å². The van der Waals surface area contributed by atoms with Gasteiger partial charge in [0.15, 0.2) is 5.92 Å². The van der Waals surface area contributed by atoms with Gasteiger partial charge in [-0.25, -0.2) is 4.79 Å². The van der Waals surface area contributed by atoms with Gasteiger partial charge in [0, 0.05) is 24.4 Å². The average Bonchev–Trinajstić information content (AvgIpc) is 3.39. The number of carboxylic acids is 1. The summed E-state index contributed by atoms with van der Waals surface area (Å²) in [4.78, 5) is 35.5. The Morgan fingerprint density at radius 1 is 1.00 bits per heavy atom. The van der Waals surface area contributed by atoms with Crippen molar-refractivity contribution in [2.45, 2.75) is 37.4 Å². The molecule has 10 heteroatoms. The number of benzene rings is 2. The van der Waals surface area contributed by atoms with Crippen molar-refractivity contribution in [1.82, 2.24) is 10.6 Å². The Labute approximate surface area is 199 Å². The molecule has 1 saturated carbocycles. The number of carbonyl (C=O) groups excluding carboxylic acids is 2. The molecule has 0 aromatic heterocycles. The maximum Gasteiger partial charge on any atom is 0.407 e. The molecule has 0 bridgehead atoms. The standard InChI is InChI=1S/C25H25F3N2O5/c26-25(27,28)21(23(32)33)12-29-22(31)14-9-10-15(11-14)30-24(34)35-13-20-18-7-3-1-5-16(18)17-6-2-4-8-19(17)20/h1-8,14-15,20-21H,9-13H2,(H,29,31)(H,30,34)(H,32,33)/t14-,15+,21?/m1/s1. The summed E-state index contributed by atoms with van der Waals surface area (Å²) in [6.45, 7) is -0.886. The lowest BCUT2D eigenvalue weighted by Crippen LogP contribution is -2.43. The number of carboxylic acid groups (broad SMARTS) is 1. The zero-order chi connectivity index (χ0) is 25.2. The molecule has 3 N–H and O–H groups in total. The van der Waals surface area contributed by atoms with E-state index in [2.05, 4.69) is 10.6 Å². The number of aliphatic carboxylic acids is 1. The maximum absolute atomic E-state index is 12.8. The van der Waals surface area contributed by atoms with E-state index in [9.17, 15) is 27.6 Å². The van der Waals surface area contributed by atoms with E-state index in [0.29, 0.717) is 12.8 Å². The number of carbonyl (C=O) groups is 3. The summed E-state index contributed by atoms with van der Waals surface area (Å²) < 4.78 is 43.8. The number of ether oxygens (including phenoxy) is 1. The van der Waals surface area contributed by atoms with Crippen LogP contribution >= 0.6 is 0 Å². The van der Waals surface area contributed by atoms with Crippen molar-refractivity contribution in [2.24, 2.45) is 11.8 Å². The molecular weight excluding hydrogens is 465 g/mol. The molecular formula is C25H25F3N2O5. The van der Waals surface area contributed by atoms with Gasteiger partial charge in [-0.15, -0.1) is 0 Å². The first-order chi connectivity index (χ1) is 16.6. The fourth-order valence-corrected chi connectivity index (χ4v) is 4.85. The van der Waals surface area contributed by atoms with Gasteiger partial charge in [-0.1, -0.05) is 48.5 Å². The summed E-state index contributed by atoms with van der Waals surface area (Å²) in [6.07, 6.45) is -4.52. The van der Waals surface area contributed by atoms with E-state index in [-0.39, 0.29) is 25.0 Å². The number of hydrogen-bond acceptors (Lipinski definition) is 4. The monoisotopic (exact) mass is 490 g/mol. The van der Waals surface area contributed by atoms with Gasteiger partial charge in [0.2, 0.25) is 5.91 Å². The van der Waals surface area contributed by atoms with Gasteiger partial charge in [-0.3, -0.25) is 9.59 Å². The van der Waals surface area contributed by atoms with Gasteiger partial charge in [-0.05, 0) is 41.5 Å². The molecule has 2 aliphatic carbocycles. The first-order valence-electron chi connectivity index (χ1n) is 11.3. The minimum atomic E-state index is -4.96. The Morgan fingerprint density at radius 3 is 2.17 bits per heavy atom. The minimum absolute atomic E-state index is 0.0916. The second kappa shape index (κ2) is 9.97. The molecule has 1 unspecified atom stereocenters. The van der Waals surface area contributed by atoms with Crippen molar-refractivity contribution in [3.05, 3.63) is 59.7 Å². The highest BCUT2D eigenvalue weighted by atomic mass is 19.4. The third-order valence-electron chi connectivity index (χ3n) is 6.64. The van der Waals surface area contributed by atoms with Crippen LogP contribution in [0.5, 0.6) is 0 Å². The lowest BCUT2D eigenvalue weighted by Gasteiger charge is -2.18. The van der Waals surface area contributed by atoms with Crippen molar-refractivity contribution in [1.29, 1.82) is 0 Å². The number of hydrogen-bond donors (Lipinski definition) is 3. The summed E-state index contributed by atoms with van der Waals surface area (Å²) in [6, 6.07) is 15.5. The molecule has 2 aromatic rings. The van der Waals surface area contributed by atoms with Crippen LogP contribution in [0, 0.1) is 11.8 Å². The Balaban J connectivity index is 1.27. The number of halogens is 3. The number of nitrogens with one attached hydrogen (secondary N) is 2. The Hall–Kier alpha value is -3.56. The van der Waals surface area contributed by atoms with E-state index in [4.69, 9.17) is 9.84 Å². The van der Waals surface area contributed by atoms with Gasteiger partial charge >= 0.3 is 18.2 Å². The average molecular weight is 490 g/mol. The van der Waals surface area contributed by atoms with Crippen LogP contribution < -0.4 is 10.6 Å². The number of rotatable bonds is 7. The third kappa shape index (κ3) is 5.41. The quantitative estimate of drug-likeness (QED) is 0.543. The molecule has 0 spiro atoms. The molecule has 0 heterocycles. The van der Waals surface area contributed by atoms with Crippen molar-refractivity contribution < 1.29 is 37.4 Å². The van der Waals surface area contributed by atoms with Crippen LogP contribution in [0.15, 0.2) is 48.5 Å². The fraction of sp³-hybridized carbons (Fsp3) is 0.400. The van der Waals surface area contributed by atoms with Gasteiger partial charge in [-0.2, -0.15) is 13.2 Å². The largest absolute Gasteiger partial charge is 0.481 e. The molecule has 7 nitrogen and oxygen atoms in total. The number of amides is 2. The molecule has 0 saturated heterocycles. The normalized spacial score (nSPS) is 20.0. The Morgan fingerprint density at radius 2 is 1.60 bits per heavy atom. The first kappa shape index (κ1) is 24.6. The van der Waals surface area contributed by atoms with E-state index in [1.165, 1.54) is 0 Å². The maximum atomic E-state index is 12.8. The molecule has 2 aliphatic rings. The SMILES string of the molecule is O=C(N[C@H]1CC[C@@H](C(=O)NCC(C(=O)O)C(F)(F)F)C1)OCC1c2ccccc2-c2ccccc21. The van der Waals surface area contributed by atoms with Crippen LogP contribution in [0.1, 0.15) is 36.3 Å². The van der Waals surface area contributed by atoms with E-state index in [1.54, 1.807) is 0 Å². The molecule has 0 aliphatic heterocycles. The molecule has 0 radical (unpaired) electrons. The first-order valence-corrected chi connectivity index (χ1v) is 11.3. The van der Waals surface area contributed by atoms with Crippen LogP contribution in [-0.4, -0.2) is 48.4 Å². The third-order valence-corrected chi connectivity index (χ3v) is 6.64. The van der Waals surface area contributed by atoms with Gasteiger partial charge in [0.25, 0.3) is 0 Å². The summed E-state index contributed by atoms with van der Waals surface area (Å²) in [5.41, 5.74) is 4.38. The molecule has 2 aromatic carbocycles. The highest BCUT2D eigenvalue weighted by Crippen LogP contribution is 2.44. The summed E-state index contributed by atoms with van der Waals surface area (Å²) in [5, 5.41) is 13.5. The molecule has 186 valence electrons.